The highest BCUT2D eigenvalue weighted by molar-refractivity contribution is 7.08. The van der Waals surface area contributed by atoms with Crippen molar-refractivity contribution in [2.24, 2.45) is 0 Å². The van der Waals surface area contributed by atoms with Crippen molar-refractivity contribution in [3.63, 3.8) is 0 Å². The molecule has 0 aliphatic rings. The first-order chi connectivity index (χ1) is 10.1. The molecule has 0 fully saturated rings. The Bertz CT molecular complexity index is 815. The molecule has 1 N–H and O–H groups in total. The van der Waals surface area contributed by atoms with Crippen LogP contribution in [0.3, 0.4) is 0 Å². The minimum atomic E-state index is -1.09. The van der Waals surface area contributed by atoms with Crippen LogP contribution < -0.4 is 0 Å². The molecule has 0 saturated carbocycles. The van der Waals surface area contributed by atoms with Crippen LogP contribution in [0, 0.1) is 5.82 Å². The molecule has 106 valence electrons. The Morgan fingerprint density at radius 2 is 2.19 bits per heavy atom. The van der Waals surface area contributed by atoms with Crippen LogP contribution in [0.1, 0.15) is 10.4 Å². The van der Waals surface area contributed by atoms with E-state index in [0.717, 1.165) is 0 Å². The molecule has 0 aliphatic heterocycles. The maximum Gasteiger partial charge on any atom is 0.339 e. The zero-order chi connectivity index (χ0) is 15.0. The molecular formula is C14H8ClFN2O2S. The monoisotopic (exact) mass is 322 g/mol. The fraction of sp³-hybridized carbons (Fsp3) is 0. The van der Waals surface area contributed by atoms with E-state index in [9.17, 15) is 14.3 Å². The van der Waals surface area contributed by atoms with E-state index in [-0.39, 0.29) is 10.6 Å². The van der Waals surface area contributed by atoms with E-state index < -0.39 is 11.8 Å². The Kier molecular flexibility index (Phi) is 3.48. The van der Waals surface area contributed by atoms with Gasteiger partial charge in [-0.3, -0.25) is 0 Å². The molecule has 0 amide bonds. The summed E-state index contributed by atoms with van der Waals surface area (Å²) in [5.74, 6) is -1.67. The molecule has 0 saturated heterocycles. The summed E-state index contributed by atoms with van der Waals surface area (Å²) in [7, 11) is 0. The number of halogens is 2. The van der Waals surface area contributed by atoms with Crippen LogP contribution in [0.4, 0.5) is 4.39 Å². The second-order valence-corrected chi connectivity index (χ2v) is 5.44. The van der Waals surface area contributed by atoms with Gasteiger partial charge < -0.3 is 5.11 Å². The van der Waals surface area contributed by atoms with E-state index in [1.165, 1.54) is 34.3 Å². The first-order valence-electron chi connectivity index (χ1n) is 5.87. The number of carbonyl (C=O) groups is 1. The molecule has 1 aromatic carbocycles. The minimum Gasteiger partial charge on any atom is -0.478 e. The molecule has 2 heterocycles. The van der Waals surface area contributed by atoms with Crippen LogP contribution in [0.5, 0.6) is 0 Å². The molecule has 0 atom stereocenters. The summed E-state index contributed by atoms with van der Waals surface area (Å²) in [4.78, 5) is 11.3. The quantitative estimate of drug-likeness (QED) is 0.790. The number of carboxylic acid groups (broad SMARTS) is 1. The van der Waals surface area contributed by atoms with Crippen molar-refractivity contribution in [1.82, 2.24) is 9.78 Å². The van der Waals surface area contributed by atoms with Gasteiger partial charge in [0.1, 0.15) is 17.1 Å². The van der Waals surface area contributed by atoms with Gasteiger partial charge in [-0.15, -0.1) is 0 Å². The van der Waals surface area contributed by atoms with Gasteiger partial charge in [-0.1, -0.05) is 11.6 Å². The van der Waals surface area contributed by atoms with Crippen molar-refractivity contribution >= 4 is 28.9 Å². The van der Waals surface area contributed by atoms with Gasteiger partial charge in [0.2, 0.25) is 0 Å². The maximum absolute atomic E-state index is 13.5. The Morgan fingerprint density at radius 3 is 2.81 bits per heavy atom. The van der Waals surface area contributed by atoms with Crippen LogP contribution in [0.2, 0.25) is 5.02 Å². The van der Waals surface area contributed by atoms with Crippen molar-refractivity contribution in [1.29, 1.82) is 0 Å². The molecule has 21 heavy (non-hydrogen) atoms. The third kappa shape index (κ3) is 2.55. The number of benzene rings is 1. The van der Waals surface area contributed by atoms with E-state index in [1.54, 1.807) is 12.1 Å². The lowest BCUT2D eigenvalue weighted by Gasteiger charge is -2.02. The zero-order valence-electron chi connectivity index (χ0n) is 10.5. The molecule has 0 spiro atoms. The van der Waals surface area contributed by atoms with Crippen LogP contribution in [0.15, 0.2) is 41.2 Å². The second kappa shape index (κ2) is 5.31. The summed E-state index contributed by atoms with van der Waals surface area (Å²) in [6.07, 6.45) is 1.36. The Balaban J connectivity index is 2.14. The van der Waals surface area contributed by atoms with Gasteiger partial charge in [0.15, 0.2) is 0 Å². The average molecular weight is 323 g/mol. The zero-order valence-corrected chi connectivity index (χ0v) is 12.0. The summed E-state index contributed by atoms with van der Waals surface area (Å²) >= 11 is 7.08. The molecule has 0 bridgehead atoms. The third-order valence-electron chi connectivity index (χ3n) is 2.91. The number of hydrogen-bond donors (Lipinski definition) is 1. The van der Waals surface area contributed by atoms with Crippen LogP contribution in [0.25, 0.3) is 16.9 Å². The molecule has 0 radical (unpaired) electrons. The van der Waals surface area contributed by atoms with E-state index in [2.05, 4.69) is 5.10 Å². The SMILES string of the molecule is O=C(O)c1cn(-c2ccc(Cl)c(F)c2)nc1-c1ccsc1. The largest absolute Gasteiger partial charge is 0.478 e. The lowest BCUT2D eigenvalue weighted by atomic mass is 10.1. The fourth-order valence-electron chi connectivity index (χ4n) is 1.90. The first-order valence-corrected chi connectivity index (χ1v) is 7.19. The lowest BCUT2D eigenvalue weighted by Crippen LogP contribution is -1.96. The lowest BCUT2D eigenvalue weighted by molar-refractivity contribution is 0.0697. The number of nitrogens with zero attached hydrogens (tertiary/aromatic N) is 2. The summed E-state index contributed by atoms with van der Waals surface area (Å²) in [5.41, 5.74) is 1.52. The van der Waals surface area contributed by atoms with Crippen molar-refractivity contribution < 1.29 is 14.3 Å². The summed E-state index contributed by atoms with van der Waals surface area (Å²) in [6.45, 7) is 0. The van der Waals surface area contributed by atoms with Crippen molar-refractivity contribution in [2.75, 3.05) is 0 Å². The fourth-order valence-corrected chi connectivity index (χ4v) is 2.66. The van der Waals surface area contributed by atoms with Gasteiger partial charge >= 0.3 is 5.97 Å². The summed E-state index contributed by atoms with van der Waals surface area (Å²) in [6, 6.07) is 5.96. The third-order valence-corrected chi connectivity index (χ3v) is 3.90. The van der Waals surface area contributed by atoms with Gasteiger partial charge in [-0.05, 0) is 23.6 Å². The Morgan fingerprint density at radius 1 is 1.38 bits per heavy atom. The highest BCUT2D eigenvalue weighted by atomic mass is 35.5. The number of aromatic nitrogens is 2. The molecule has 3 rings (SSSR count). The summed E-state index contributed by atoms with van der Waals surface area (Å²) in [5, 5.41) is 17.2. The highest BCUT2D eigenvalue weighted by Crippen LogP contribution is 2.26. The maximum atomic E-state index is 13.5. The topological polar surface area (TPSA) is 55.1 Å². The number of hydrogen-bond acceptors (Lipinski definition) is 3. The highest BCUT2D eigenvalue weighted by Gasteiger charge is 2.18. The van der Waals surface area contributed by atoms with Crippen molar-refractivity contribution in [3.8, 4) is 16.9 Å². The predicted molar refractivity (Wildman–Crippen MR) is 78.8 cm³/mol. The molecule has 4 nitrogen and oxygen atoms in total. The number of thiophene rings is 1. The van der Waals surface area contributed by atoms with Gasteiger partial charge in [-0.2, -0.15) is 16.4 Å². The molecule has 7 heteroatoms. The van der Waals surface area contributed by atoms with Crippen LogP contribution in [-0.2, 0) is 0 Å². The Hall–Kier alpha value is -2.18. The van der Waals surface area contributed by atoms with Gasteiger partial charge in [0, 0.05) is 23.2 Å². The number of aromatic carboxylic acids is 1. The van der Waals surface area contributed by atoms with Crippen LogP contribution in [-0.4, -0.2) is 20.9 Å². The van der Waals surface area contributed by atoms with Crippen molar-refractivity contribution in [2.45, 2.75) is 0 Å². The molecule has 0 unspecified atom stereocenters. The van der Waals surface area contributed by atoms with Gasteiger partial charge in [-0.25, -0.2) is 13.9 Å². The molecule has 0 aliphatic carbocycles. The van der Waals surface area contributed by atoms with Crippen molar-refractivity contribution in [3.05, 3.63) is 57.6 Å². The van der Waals surface area contributed by atoms with E-state index in [1.807, 2.05) is 10.8 Å². The Labute approximate surface area is 128 Å². The smallest absolute Gasteiger partial charge is 0.339 e. The normalized spacial score (nSPS) is 10.8. The van der Waals surface area contributed by atoms with E-state index in [0.29, 0.717) is 16.9 Å². The first kappa shape index (κ1) is 13.8. The standard InChI is InChI=1S/C14H8ClFN2O2S/c15-11-2-1-9(5-12(11)16)18-6-10(14(19)20)13(17-18)8-3-4-21-7-8/h1-7H,(H,19,20). The summed E-state index contributed by atoms with van der Waals surface area (Å²) < 4.78 is 14.8. The van der Waals surface area contributed by atoms with Gasteiger partial charge in [0.05, 0.1) is 10.7 Å². The number of rotatable bonds is 3. The predicted octanol–water partition coefficient (Wildman–Crippen LogP) is 4.09. The van der Waals surface area contributed by atoms with E-state index >= 15 is 0 Å². The molecule has 2 aromatic heterocycles. The average Bonchev–Trinajstić information content (AvgIpc) is 3.09. The second-order valence-electron chi connectivity index (χ2n) is 4.25. The van der Waals surface area contributed by atoms with Gasteiger partial charge in [0.25, 0.3) is 0 Å². The number of carboxylic acids is 1. The minimum absolute atomic E-state index is 0.00224. The van der Waals surface area contributed by atoms with E-state index in [4.69, 9.17) is 11.6 Å². The van der Waals surface area contributed by atoms with Crippen LogP contribution >= 0.6 is 22.9 Å². The molecular weight excluding hydrogens is 315 g/mol. The molecule has 3 aromatic rings.